The lowest BCUT2D eigenvalue weighted by Gasteiger charge is -2.25. The summed E-state index contributed by atoms with van der Waals surface area (Å²) in [6.45, 7) is 4.31. The van der Waals surface area contributed by atoms with E-state index in [0.29, 0.717) is 23.5 Å². The molecule has 5 nitrogen and oxygen atoms in total. The smallest absolute Gasteiger partial charge is 0.257 e. The van der Waals surface area contributed by atoms with Crippen LogP contribution in [0.1, 0.15) is 23.7 Å². The lowest BCUT2D eigenvalue weighted by Crippen LogP contribution is -2.37. The van der Waals surface area contributed by atoms with Crippen LogP contribution in [-0.4, -0.2) is 56.5 Å². The second-order valence-electron chi connectivity index (χ2n) is 5.02. The van der Waals surface area contributed by atoms with Gasteiger partial charge in [-0.2, -0.15) is 0 Å². The van der Waals surface area contributed by atoms with Crippen LogP contribution in [0.25, 0.3) is 0 Å². The number of benzene rings is 1. The van der Waals surface area contributed by atoms with Crippen LogP contribution in [0.4, 0.5) is 5.69 Å². The molecule has 1 rings (SSSR count). The highest BCUT2D eigenvalue weighted by atomic mass is 16.5. The van der Waals surface area contributed by atoms with E-state index >= 15 is 0 Å². The minimum atomic E-state index is -0.0298. The van der Waals surface area contributed by atoms with E-state index in [1.807, 2.05) is 19.0 Å². The number of para-hydroxylation sites is 1. The molecule has 0 saturated carbocycles. The number of nitrogen functional groups attached to an aromatic ring is 1. The number of nitrogens with two attached hydrogens (primary N) is 1. The van der Waals surface area contributed by atoms with Gasteiger partial charge in [0.1, 0.15) is 0 Å². The summed E-state index contributed by atoms with van der Waals surface area (Å²) in [4.78, 5) is 16.6. The maximum atomic E-state index is 12.7. The van der Waals surface area contributed by atoms with Crippen LogP contribution >= 0.6 is 0 Å². The Morgan fingerprint density at radius 2 is 1.95 bits per heavy atom. The van der Waals surface area contributed by atoms with Gasteiger partial charge in [0.05, 0.1) is 18.4 Å². The third-order valence-electron chi connectivity index (χ3n) is 3.08. The first-order valence-corrected chi connectivity index (χ1v) is 6.87. The van der Waals surface area contributed by atoms with Crippen molar-refractivity contribution >= 4 is 11.6 Å². The molecule has 0 saturated heterocycles. The maximum Gasteiger partial charge on any atom is 0.257 e. The van der Waals surface area contributed by atoms with E-state index in [2.05, 4.69) is 11.8 Å². The van der Waals surface area contributed by atoms with Gasteiger partial charge in [-0.25, -0.2) is 0 Å². The molecule has 112 valence electrons. The van der Waals surface area contributed by atoms with Gasteiger partial charge < -0.3 is 20.3 Å². The third kappa shape index (κ3) is 4.13. The normalized spacial score (nSPS) is 10.7. The van der Waals surface area contributed by atoms with Crippen LogP contribution in [0.2, 0.25) is 0 Å². The fraction of sp³-hybridized carbons (Fsp3) is 0.533. The van der Waals surface area contributed by atoms with Gasteiger partial charge in [0.25, 0.3) is 5.91 Å². The molecule has 5 heteroatoms. The lowest BCUT2D eigenvalue weighted by molar-refractivity contribution is 0.0741. The maximum absolute atomic E-state index is 12.7. The molecule has 20 heavy (non-hydrogen) atoms. The van der Waals surface area contributed by atoms with Crippen molar-refractivity contribution in [3.63, 3.8) is 0 Å². The molecule has 0 aliphatic carbocycles. The first kappa shape index (κ1) is 16.3. The van der Waals surface area contributed by atoms with Crippen molar-refractivity contribution in [2.75, 3.05) is 46.6 Å². The number of rotatable bonds is 7. The molecular formula is C15H25N3O2. The monoisotopic (exact) mass is 279 g/mol. The first-order valence-electron chi connectivity index (χ1n) is 6.87. The van der Waals surface area contributed by atoms with E-state index in [1.54, 1.807) is 18.2 Å². The largest absolute Gasteiger partial charge is 0.494 e. The van der Waals surface area contributed by atoms with Crippen LogP contribution in [0.5, 0.6) is 5.75 Å². The average molecular weight is 279 g/mol. The SMILES string of the molecule is CCCN(CCN(C)C)C(=O)c1cccc(N)c1OC. The molecule has 1 aromatic rings. The highest BCUT2D eigenvalue weighted by Gasteiger charge is 2.20. The molecule has 1 amide bonds. The molecule has 1 aromatic carbocycles. The predicted octanol–water partition coefficient (Wildman–Crippen LogP) is 1.69. The number of anilines is 1. The number of carbonyl (C=O) groups is 1. The summed E-state index contributed by atoms with van der Waals surface area (Å²) in [7, 11) is 5.53. The third-order valence-corrected chi connectivity index (χ3v) is 3.08. The standard InChI is InChI=1S/C15H25N3O2/c1-5-9-18(11-10-17(2)3)15(19)12-7-6-8-13(16)14(12)20-4/h6-8H,5,9-11,16H2,1-4H3. The zero-order valence-electron chi connectivity index (χ0n) is 12.8. The quantitative estimate of drug-likeness (QED) is 0.772. The van der Waals surface area contributed by atoms with Gasteiger partial charge in [-0.15, -0.1) is 0 Å². The molecule has 0 aliphatic heterocycles. The molecule has 0 unspecified atom stereocenters. The number of methoxy groups -OCH3 is 1. The van der Waals surface area contributed by atoms with Crippen molar-refractivity contribution in [3.8, 4) is 5.75 Å². The van der Waals surface area contributed by atoms with E-state index in [9.17, 15) is 4.79 Å². The van der Waals surface area contributed by atoms with Crippen molar-refractivity contribution in [3.05, 3.63) is 23.8 Å². The molecule has 0 aliphatic rings. The lowest BCUT2D eigenvalue weighted by atomic mass is 10.1. The summed E-state index contributed by atoms with van der Waals surface area (Å²) in [6, 6.07) is 5.27. The Labute approximate surface area is 121 Å². The van der Waals surface area contributed by atoms with E-state index in [4.69, 9.17) is 10.5 Å². The number of ether oxygens (including phenoxy) is 1. The summed E-state index contributed by atoms with van der Waals surface area (Å²) in [5.74, 6) is 0.432. The molecule has 0 bridgehead atoms. The summed E-state index contributed by atoms with van der Waals surface area (Å²) < 4.78 is 5.27. The van der Waals surface area contributed by atoms with Crippen molar-refractivity contribution < 1.29 is 9.53 Å². The van der Waals surface area contributed by atoms with Crippen molar-refractivity contribution in [2.45, 2.75) is 13.3 Å². The number of hydrogen-bond acceptors (Lipinski definition) is 4. The van der Waals surface area contributed by atoms with Gasteiger partial charge in [-0.1, -0.05) is 13.0 Å². The Morgan fingerprint density at radius 1 is 1.25 bits per heavy atom. The summed E-state index contributed by atoms with van der Waals surface area (Å²) in [5, 5.41) is 0. The summed E-state index contributed by atoms with van der Waals surface area (Å²) in [6.07, 6.45) is 0.920. The fourth-order valence-corrected chi connectivity index (χ4v) is 2.03. The van der Waals surface area contributed by atoms with Crippen molar-refractivity contribution in [1.82, 2.24) is 9.80 Å². The van der Waals surface area contributed by atoms with E-state index < -0.39 is 0 Å². The molecule has 0 heterocycles. The Bertz CT molecular complexity index is 447. The van der Waals surface area contributed by atoms with Gasteiger partial charge in [0, 0.05) is 19.6 Å². The molecule has 0 fully saturated rings. The Morgan fingerprint density at radius 3 is 2.50 bits per heavy atom. The summed E-state index contributed by atoms with van der Waals surface area (Å²) in [5.41, 5.74) is 6.88. The van der Waals surface area contributed by atoms with Crippen LogP contribution in [-0.2, 0) is 0 Å². The number of nitrogens with zero attached hydrogens (tertiary/aromatic N) is 2. The Kier molecular flexibility index (Phi) is 6.31. The van der Waals surface area contributed by atoms with Crippen molar-refractivity contribution in [2.24, 2.45) is 0 Å². The van der Waals surface area contributed by atoms with E-state index in [1.165, 1.54) is 7.11 Å². The molecule has 2 N–H and O–H groups in total. The second kappa shape index (κ2) is 7.75. The van der Waals surface area contributed by atoms with Gasteiger partial charge in [0.15, 0.2) is 5.75 Å². The van der Waals surface area contributed by atoms with Crippen LogP contribution in [0.3, 0.4) is 0 Å². The number of amides is 1. The molecule has 0 aromatic heterocycles. The minimum absolute atomic E-state index is 0.0298. The minimum Gasteiger partial charge on any atom is -0.494 e. The highest BCUT2D eigenvalue weighted by Crippen LogP contribution is 2.27. The zero-order chi connectivity index (χ0) is 15.1. The van der Waals surface area contributed by atoms with Crippen LogP contribution in [0, 0.1) is 0 Å². The van der Waals surface area contributed by atoms with E-state index in [-0.39, 0.29) is 5.91 Å². The van der Waals surface area contributed by atoms with Gasteiger partial charge in [-0.05, 0) is 32.6 Å². The number of carbonyl (C=O) groups excluding carboxylic acids is 1. The highest BCUT2D eigenvalue weighted by molar-refractivity contribution is 5.98. The molecule has 0 atom stereocenters. The van der Waals surface area contributed by atoms with Gasteiger partial charge in [0.2, 0.25) is 0 Å². The van der Waals surface area contributed by atoms with Gasteiger partial charge >= 0.3 is 0 Å². The Hall–Kier alpha value is -1.75. The summed E-state index contributed by atoms with van der Waals surface area (Å²) >= 11 is 0. The fourth-order valence-electron chi connectivity index (χ4n) is 2.03. The molecule has 0 spiro atoms. The molecular weight excluding hydrogens is 254 g/mol. The predicted molar refractivity (Wildman–Crippen MR) is 82.2 cm³/mol. The first-order chi connectivity index (χ1) is 9.51. The van der Waals surface area contributed by atoms with Crippen molar-refractivity contribution in [1.29, 1.82) is 0 Å². The molecule has 0 radical (unpaired) electrons. The van der Waals surface area contributed by atoms with Gasteiger partial charge in [-0.3, -0.25) is 4.79 Å². The number of likely N-dealkylation sites (N-methyl/N-ethyl adjacent to an activating group) is 1. The van der Waals surface area contributed by atoms with Crippen LogP contribution in [0.15, 0.2) is 18.2 Å². The number of hydrogen-bond donors (Lipinski definition) is 1. The Balaban J connectivity index is 2.96. The van der Waals surface area contributed by atoms with E-state index in [0.717, 1.165) is 19.5 Å². The van der Waals surface area contributed by atoms with Crippen LogP contribution < -0.4 is 10.5 Å². The zero-order valence-corrected chi connectivity index (χ0v) is 12.8. The average Bonchev–Trinajstić information content (AvgIpc) is 2.42. The topological polar surface area (TPSA) is 58.8 Å². The second-order valence-corrected chi connectivity index (χ2v) is 5.02.